The number of carbonyl (C=O) groups is 1. The van der Waals surface area contributed by atoms with E-state index in [1.54, 1.807) is 6.20 Å². The summed E-state index contributed by atoms with van der Waals surface area (Å²) in [6.07, 6.45) is 3.57. The van der Waals surface area contributed by atoms with Crippen LogP contribution in [0.3, 0.4) is 0 Å². The van der Waals surface area contributed by atoms with Gasteiger partial charge < -0.3 is 10.6 Å². The van der Waals surface area contributed by atoms with Crippen LogP contribution in [0.25, 0.3) is 0 Å². The van der Waals surface area contributed by atoms with Gasteiger partial charge in [0.2, 0.25) is 5.91 Å². The van der Waals surface area contributed by atoms with Gasteiger partial charge in [0.05, 0.1) is 5.41 Å². The highest BCUT2D eigenvalue weighted by Gasteiger charge is 2.39. The number of carbonyl (C=O) groups excluding carboxylic acids is 1. The quantitative estimate of drug-likeness (QED) is 0.845. The molecule has 0 radical (unpaired) electrons. The second-order valence-electron chi connectivity index (χ2n) is 4.29. The van der Waals surface area contributed by atoms with Crippen molar-refractivity contribution >= 4 is 22.4 Å². The van der Waals surface area contributed by atoms with Gasteiger partial charge in [0.15, 0.2) is 5.13 Å². The molecule has 0 saturated carbocycles. The molecule has 0 bridgehead atoms. The van der Waals surface area contributed by atoms with Gasteiger partial charge in [-0.05, 0) is 26.3 Å². The van der Waals surface area contributed by atoms with Crippen LogP contribution < -0.4 is 10.6 Å². The molecule has 1 fully saturated rings. The van der Waals surface area contributed by atoms with Gasteiger partial charge in [0, 0.05) is 17.6 Å². The molecule has 2 N–H and O–H groups in total. The highest BCUT2D eigenvalue weighted by Crippen LogP contribution is 2.31. The van der Waals surface area contributed by atoms with Gasteiger partial charge in [-0.1, -0.05) is 6.92 Å². The third-order valence-corrected chi connectivity index (χ3v) is 4.07. The second-order valence-corrected chi connectivity index (χ2v) is 5.53. The van der Waals surface area contributed by atoms with Gasteiger partial charge >= 0.3 is 0 Å². The van der Waals surface area contributed by atoms with E-state index in [4.69, 9.17) is 0 Å². The van der Waals surface area contributed by atoms with Crippen LogP contribution in [0.2, 0.25) is 0 Å². The molecule has 5 heteroatoms. The van der Waals surface area contributed by atoms with Crippen molar-refractivity contribution in [3.63, 3.8) is 0 Å². The van der Waals surface area contributed by atoms with Crippen LogP contribution >= 0.6 is 11.3 Å². The lowest BCUT2D eigenvalue weighted by atomic mass is 9.83. The molecule has 0 aromatic carbocycles. The van der Waals surface area contributed by atoms with Crippen LogP contribution in [0.15, 0.2) is 6.20 Å². The van der Waals surface area contributed by atoms with E-state index in [9.17, 15) is 4.79 Å². The van der Waals surface area contributed by atoms with Crippen molar-refractivity contribution in [2.75, 3.05) is 18.4 Å². The molecule has 1 atom stereocenters. The summed E-state index contributed by atoms with van der Waals surface area (Å²) in [4.78, 5) is 17.5. The molecule has 1 amide bonds. The summed E-state index contributed by atoms with van der Waals surface area (Å²) in [5, 5.41) is 6.89. The molecule has 1 aromatic heterocycles. The van der Waals surface area contributed by atoms with Crippen molar-refractivity contribution in [1.29, 1.82) is 0 Å². The zero-order valence-corrected chi connectivity index (χ0v) is 10.5. The second kappa shape index (κ2) is 4.51. The molecule has 2 rings (SSSR count). The van der Waals surface area contributed by atoms with E-state index in [0.29, 0.717) is 5.13 Å². The van der Waals surface area contributed by atoms with E-state index in [0.717, 1.165) is 30.8 Å². The Morgan fingerprint density at radius 2 is 2.56 bits per heavy atom. The molecule has 1 unspecified atom stereocenters. The number of anilines is 1. The Balaban J connectivity index is 2.07. The minimum atomic E-state index is -0.237. The highest BCUT2D eigenvalue weighted by molar-refractivity contribution is 7.15. The van der Waals surface area contributed by atoms with Crippen molar-refractivity contribution in [2.24, 2.45) is 5.41 Å². The van der Waals surface area contributed by atoms with Crippen molar-refractivity contribution in [3.8, 4) is 0 Å². The van der Waals surface area contributed by atoms with Crippen LogP contribution in [0, 0.1) is 12.3 Å². The van der Waals surface area contributed by atoms with Gasteiger partial charge in [-0.25, -0.2) is 4.98 Å². The summed E-state index contributed by atoms with van der Waals surface area (Å²) in [7, 11) is 0. The fourth-order valence-corrected chi connectivity index (χ4v) is 2.70. The molecular weight excluding hydrogens is 222 g/mol. The third-order valence-electron chi connectivity index (χ3n) is 3.24. The fourth-order valence-electron chi connectivity index (χ4n) is 2.04. The first-order chi connectivity index (χ1) is 7.66. The number of nitrogens with one attached hydrogen (secondary N) is 2. The van der Waals surface area contributed by atoms with Gasteiger partial charge in [-0.15, -0.1) is 11.3 Å². The van der Waals surface area contributed by atoms with E-state index < -0.39 is 0 Å². The number of hydrogen-bond acceptors (Lipinski definition) is 4. The van der Waals surface area contributed by atoms with Gasteiger partial charge in [0.25, 0.3) is 0 Å². The predicted molar refractivity (Wildman–Crippen MR) is 65.7 cm³/mol. The first-order valence-corrected chi connectivity index (χ1v) is 6.42. The van der Waals surface area contributed by atoms with Gasteiger partial charge in [-0.2, -0.15) is 0 Å². The molecule has 4 nitrogen and oxygen atoms in total. The number of hydrogen-bond donors (Lipinski definition) is 2. The number of thiazole rings is 1. The number of rotatable bonds is 3. The Bertz CT molecular complexity index is 382. The number of aryl methyl sites for hydroxylation is 1. The maximum atomic E-state index is 12.2. The number of aromatic nitrogens is 1. The first kappa shape index (κ1) is 11.5. The molecule has 16 heavy (non-hydrogen) atoms. The summed E-state index contributed by atoms with van der Waals surface area (Å²) in [5.74, 6) is 0.106. The molecule has 1 aliphatic heterocycles. The smallest absolute Gasteiger partial charge is 0.233 e. The monoisotopic (exact) mass is 239 g/mol. The zero-order valence-electron chi connectivity index (χ0n) is 9.67. The normalized spacial score (nSPS) is 24.6. The minimum Gasteiger partial charge on any atom is -0.316 e. The predicted octanol–water partition coefficient (Wildman–Crippen LogP) is 1.78. The summed E-state index contributed by atoms with van der Waals surface area (Å²) in [6.45, 7) is 5.76. The zero-order chi connectivity index (χ0) is 11.6. The van der Waals surface area contributed by atoms with Gasteiger partial charge in [-0.3, -0.25) is 4.79 Å². The Hall–Kier alpha value is -0.940. The Kier molecular flexibility index (Phi) is 3.25. The van der Waals surface area contributed by atoms with Crippen molar-refractivity contribution in [3.05, 3.63) is 11.1 Å². The summed E-state index contributed by atoms with van der Waals surface area (Å²) in [6, 6.07) is 0. The number of nitrogens with zero attached hydrogens (tertiary/aromatic N) is 1. The average Bonchev–Trinajstić information content (AvgIpc) is 2.88. The molecule has 0 aliphatic carbocycles. The van der Waals surface area contributed by atoms with Crippen molar-refractivity contribution < 1.29 is 4.79 Å². The summed E-state index contributed by atoms with van der Waals surface area (Å²) >= 11 is 1.52. The number of amides is 1. The van der Waals surface area contributed by atoms with E-state index >= 15 is 0 Å². The standard InChI is InChI=1S/C11H17N3OS/c1-3-11(4-5-12-7-11)9(15)14-10-13-6-8(2)16-10/h6,12H,3-5,7H2,1-2H3,(H,13,14,15). The SMILES string of the molecule is CCC1(C(=O)Nc2ncc(C)s2)CCNC1. The van der Waals surface area contributed by atoms with Gasteiger partial charge in [0.1, 0.15) is 0 Å². The van der Waals surface area contributed by atoms with E-state index in [1.807, 2.05) is 6.92 Å². The molecular formula is C11H17N3OS. The van der Waals surface area contributed by atoms with Crippen molar-refractivity contribution in [1.82, 2.24) is 10.3 Å². The minimum absolute atomic E-state index is 0.106. The first-order valence-electron chi connectivity index (χ1n) is 5.61. The Morgan fingerprint density at radius 3 is 3.06 bits per heavy atom. The molecule has 88 valence electrons. The summed E-state index contributed by atoms with van der Waals surface area (Å²) in [5.41, 5.74) is -0.237. The van der Waals surface area contributed by atoms with Crippen LogP contribution in [-0.2, 0) is 4.79 Å². The third kappa shape index (κ3) is 2.10. The molecule has 1 aromatic rings. The topological polar surface area (TPSA) is 54.0 Å². The van der Waals surface area contributed by atoms with Crippen LogP contribution in [-0.4, -0.2) is 24.0 Å². The maximum absolute atomic E-state index is 12.2. The van der Waals surface area contributed by atoms with Crippen molar-refractivity contribution in [2.45, 2.75) is 26.7 Å². The molecule has 0 spiro atoms. The molecule has 1 saturated heterocycles. The fraction of sp³-hybridized carbons (Fsp3) is 0.636. The average molecular weight is 239 g/mol. The van der Waals surface area contributed by atoms with Crippen LogP contribution in [0.1, 0.15) is 24.6 Å². The van der Waals surface area contributed by atoms with Crippen LogP contribution in [0.4, 0.5) is 5.13 Å². The van der Waals surface area contributed by atoms with Crippen LogP contribution in [0.5, 0.6) is 0 Å². The maximum Gasteiger partial charge on any atom is 0.233 e. The van der Waals surface area contributed by atoms with E-state index in [-0.39, 0.29) is 11.3 Å². The molecule has 2 heterocycles. The largest absolute Gasteiger partial charge is 0.316 e. The lowest BCUT2D eigenvalue weighted by molar-refractivity contribution is -0.124. The van der Waals surface area contributed by atoms with E-state index in [1.165, 1.54) is 11.3 Å². The highest BCUT2D eigenvalue weighted by atomic mass is 32.1. The molecule has 1 aliphatic rings. The Labute approximate surface area is 99.5 Å². The lowest BCUT2D eigenvalue weighted by Gasteiger charge is -2.24. The van der Waals surface area contributed by atoms with E-state index in [2.05, 4.69) is 22.5 Å². The lowest BCUT2D eigenvalue weighted by Crippen LogP contribution is -2.37. The Morgan fingerprint density at radius 1 is 1.75 bits per heavy atom. The summed E-state index contributed by atoms with van der Waals surface area (Å²) < 4.78 is 0.